The van der Waals surface area contributed by atoms with Crippen molar-refractivity contribution in [2.24, 2.45) is 0 Å². The van der Waals surface area contributed by atoms with Gasteiger partial charge in [-0.05, 0) is 41.3 Å². The van der Waals surface area contributed by atoms with Crippen LogP contribution in [0.2, 0.25) is 5.02 Å². The second kappa shape index (κ2) is 10.8. The van der Waals surface area contributed by atoms with Crippen LogP contribution >= 0.6 is 23.5 Å². The van der Waals surface area contributed by atoms with Crippen LogP contribution in [0.3, 0.4) is 0 Å². The molecule has 2 amide bonds. The highest BCUT2D eigenvalue weighted by atomic mass is 35.5. The number of urea groups is 1. The minimum atomic E-state index is -4.52. The molecule has 0 spiro atoms. The molecule has 0 aliphatic heterocycles. The van der Waals surface area contributed by atoms with E-state index >= 15 is 0 Å². The lowest BCUT2D eigenvalue weighted by Crippen LogP contribution is -2.33. The summed E-state index contributed by atoms with van der Waals surface area (Å²) in [6.45, 7) is 0.756. The molecule has 0 fully saturated rings. The molecule has 174 valence electrons. The Morgan fingerprint density at radius 3 is 2.30 bits per heavy atom. The molecule has 0 radical (unpaired) electrons. The van der Waals surface area contributed by atoms with Gasteiger partial charge in [0.15, 0.2) is 5.82 Å². The van der Waals surface area contributed by atoms with Crippen LogP contribution in [0.1, 0.15) is 16.7 Å². The first-order valence-corrected chi connectivity index (χ1v) is 11.0. The number of anilines is 1. The molecule has 1 aromatic heterocycles. The fourth-order valence-corrected chi connectivity index (χ4v) is 4.08. The summed E-state index contributed by atoms with van der Waals surface area (Å²) in [6, 6.07) is 17.7. The largest absolute Gasteiger partial charge is 0.417 e. The van der Waals surface area contributed by atoms with E-state index in [1.54, 1.807) is 18.4 Å². The third-order valence-electron chi connectivity index (χ3n) is 4.54. The number of amides is 2. The maximum Gasteiger partial charge on any atom is 0.417 e. The highest BCUT2D eigenvalue weighted by Gasteiger charge is 2.32. The zero-order chi connectivity index (χ0) is 24.0. The number of rotatable bonds is 7. The molecule has 2 aromatic carbocycles. The zero-order valence-corrected chi connectivity index (χ0v) is 19.5. The van der Waals surface area contributed by atoms with Crippen LogP contribution in [0, 0.1) is 0 Å². The van der Waals surface area contributed by atoms with Gasteiger partial charge in [-0.1, -0.05) is 54.1 Å². The van der Waals surface area contributed by atoms with Gasteiger partial charge in [0, 0.05) is 31.7 Å². The number of alkyl halides is 3. The summed E-state index contributed by atoms with van der Waals surface area (Å²) in [4.78, 5) is 18.0. The standard InChI is InChI=1S/C23H22ClF3N4OS/c1-30(2)22(32)29-13-16-8-10-19(11-9-16)33-31(15-17-6-4-3-5-7-17)21-20(24)12-18(14-28-21)23(25,26)27/h3-12,14H,13,15H2,1-2H3,(H,29,32). The Balaban J connectivity index is 1.81. The van der Waals surface area contributed by atoms with Crippen molar-refractivity contribution in [3.05, 3.63) is 88.6 Å². The molecule has 0 unspecified atom stereocenters. The Bertz CT molecular complexity index is 1080. The number of hydrogen-bond acceptors (Lipinski definition) is 4. The molecule has 0 aliphatic carbocycles. The van der Waals surface area contributed by atoms with Gasteiger partial charge in [-0.3, -0.25) is 4.31 Å². The van der Waals surface area contributed by atoms with Gasteiger partial charge in [-0.15, -0.1) is 0 Å². The number of hydrogen-bond donors (Lipinski definition) is 1. The van der Waals surface area contributed by atoms with E-state index in [0.29, 0.717) is 13.1 Å². The van der Waals surface area contributed by atoms with Crippen molar-refractivity contribution in [2.75, 3.05) is 18.4 Å². The smallest absolute Gasteiger partial charge is 0.334 e. The molecule has 3 aromatic rings. The Morgan fingerprint density at radius 2 is 1.73 bits per heavy atom. The Kier molecular flexibility index (Phi) is 8.10. The van der Waals surface area contributed by atoms with Crippen molar-refractivity contribution >= 4 is 35.4 Å². The van der Waals surface area contributed by atoms with Crippen LogP contribution < -0.4 is 9.62 Å². The van der Waals surface area contributed by atoms with E-state index in [1.165, 1.54) is 16.8 Å². The van der Waals surface area contributed by atoms with E-state index < -0.39 is 11.7 Å². The van der Waals surface area contributed by atoms with E-state index in [0.717, 1.165) is 28.3 Å². The van der Waals surface area contributed by atoms with Crippen molar-refractivity contribution < 1.29 is 18.0 Å². The number of nitrogens with zero attached hydrogens (tertiary/aromatic N) is 3. The van der Waals surface area contributed by atoms with Gasteiger partial charge in [-0.2, -0.15) is 13.2 Å². The monoisotopic (exact) mass is 494 g/mol. The quantitative estimate of drug-likeness (QED) is 0.395. The summed E-state index contributed by atoms with van der Waals surface area (Å²) in [6.07, 6.45) is -3.74. The molecule has 5 nitrogen and oxygen atoms in total. The van der Waals surface area contributed by atoms with E-state index in [-0.39, 0.29) is 16.9 Å². The summed E-state index contributed by atoms with van der Waals surface area (Å²) in [7, 11) is 3.33. The summed E-state index contributed by atoms with van der Waals surface area (Å²) < 4.78 is 40.9. The van der Waals surface area contributed by atoms with E-state index in [1.807, 2.05) is 54.6 Å². The number of aromatic nitrogens is 1. The molecule has 0 bridgehead atoms. The predicted octanol–water partition coefficient (Wildman–Crippen LogP) is 6.24. The van der Waals surface area contributed by atoms with Crippen molar-refractivity contribution in [2.45, 2.75) is 24.2 Å². The number of carbonyl (C=O) groups is 1. The maximum atomic E-state index is 13.0. The van der Waals surface area contributed by atoms with Gasteiger partial charge < -0.3 is 10.2 Å². The Labute approximate surface area is 199 Å². The summed E-state index contributed by atoms with van der Waals surface area (Å²) in [5, 5.41) is 2.71. The fourth-order valence-electron chi connectivity index (χ4n) is 2.80. The van der Waals surface area contributed by atoms with Gasteiger partial charge in [0.2, 0.25) is 0 Å². The number of halogens is 4. The summed E-state index contributed by atoms with van der Waals surface area (Å²) in [5.74, 6) is 0.237. The highest BCUT2D eigenvalue weighted by Crippen LogP contribution is 2.37. The maximum absolute atomic E-state index is 13.0. The van der Waals surface area contributed by atoms with Crippen molar-refractivity contribution in [1.82, 2.24) is 15.2 Å². The molecule has 10 heteroatoms. The van der Waals surface area contributed by atoms with Gasteiger partial charge in [0.1, 0.15) is 0 Å². The van der Waals surface area contributed by atoms with Gasteiger partial charge in [0.05, 0.1) is 17.1 Å². The van der Waals surface area contributed by atoms with Crippen LogP contribution in [0.5, 0.6) is 0 Å². The van der Waals surface area contributed by atoms with Crippen LogP contribution in [0.25, 0.3) is 0 Å². The molecule has 0 aliphatic rings. The first-order chi connectivity index (χ1) is 15.6. The number of pyridine rings is 1. The second-order valence-electron chi connectivity index (χ2n) is 7.34. The Morgan fingerprint density at radius 1 is 1.06 bits per heavy atom. The minimum Gasteiger partial charge on any atom is -0.334 e. The van der Waals surface area contributed by atoms with E-state index in [4.69, 9.17) is 11.6 Å². The van der Waals surface area contributed by atoms with Crippen LogP contribution in [0.15, 0.2) is 71.8 Å². The summed E-state index contributed by atoms with van der Waals surface area (Å²) >= 11 is 7.53. The van der Waals surface area contributed by atoms with Crippen LogP contribution in [0.4, 0.5) is 23.8 Å². The lowest BCUT2D eigenvalue weighted by atomic mass is 10.2. The lowest BCUT2D eigenvalue weighted by molar-refractivity contribution is -0.137. The van der Waals surface area contributed by atoms with Crippen molar-refractivity contribution in [3.8, 4) is 0 Å². The number of benzene rings is 2. The molecule has 3 rings (SSSR count). The molecular weight excluding hydrogens is 473 g/mol. The molecule has 1 heterocycles. The second-order valence-corrected chi connectivity index (χ2v) is 8.84. The van der Waals surface area contributed by atoms with Crippen molar-refractivity contribution in [1.29, 1.82) is 0 Å². The lowest BCUT2D eigenvalue weighted by Gasteiger charge is -2.24. The molecule has 0 saturated carbocycles. The number of carbonyl (C=O) groups excluding carboxylic acids is 1. The third kappa shape index (κ3) is 7.03. The fraction of sp³-hybridized carbons (Fsp3) is 0.217. The summed E-state index contributed by atoms with van der Waals surface area (Å²) in [5.41, 5.74) is 0.964. The molecule has 1 N–H and O–H groups in total. The molecule has 0 atom stereocenters. The molecule has 0 saturated heterocycles. The van der Waals surface area contributed by atoms with Crippen LogP contribution in [-0.4, -0.2) is 30.0 Å². The number of nitrogens with one attached hydrogen (secondary N) is 1. The van der Waals surface area contributed by atoms with E-state index in [2.05, 4.69) is 10.3 Å². The zero-order valence-electron chi connectivity index (χ0n) is 17.9. The predicted molar refractivity (Wildman–Crippen MR) is 125 cm³/mol. The molecular formula is C23H22ClF3N4OS. The normalized spacial score (nSPS) is 11.2. The Hall–Kier alpha value is -2.91. The minimum absolute atomic E-state index is 0.0868. The van der Waals surface area contributed by atoms with Gasteiger partial charge in [-0.25, -0.2) is 9.78 Å². The first kappa shape index (κ1) is 24.7. The van der Waals surface area contributed by atoms with Gasteiger partial charge in [0.25, 0.3) is 0 Å². The SMILES string of the molecule is CN(C)C(=O)NCc1ccc(SN(Cc2ccccc2)c2ncc(C(F)(F)F)cc2Cl)cc1. The van der Waals surface area contributed by atoms with E-state index in [9.17, 15) is 18.0 Å². The third-order valence-corrected chi connectivity index (χ3v) is 5.83. The molecule has 33 heavy (non-hydrogen) atoms. The average molecular weight is 495 g/mol. The topological polar surface area (TPSA) is 48.5 Å². The highest BCUT2D eigenvalue weighted by molar-refractivity contribution is 8.00. The van der Waals surface area contributed by atoms with Gasteiger partial charge >= 0.3 is 12.2 Å². The first-order valence-electron chi connectivity index (χ1n) is 9.90. The average Bonchev–Trinajstić information content (AvgIpc) is 2.78. The van der Waals surface area contributed by atoms with Crippen molar-refractivity contribution in [3.63, 3.8) is 0 Å². The van der Waals surface area contributed by atoms with Crippen LogP contribution in [-0.2, 0) is 19.3 Å².